The topological polar surface area (TPSA) is 106 Å². The molecular weight excluding hydrogens is 499 g/mol. The number of nitrogens with one attached hydrogen (secondary N) is 2. The van der Waals surface area contributed by atoms with E-state index >= 15 is 0 Å². The SMILES string of the molecule is CCn1nccc1C(=O)NC(c1cn2ncc(C[C@@H]3C[C@@H](C(F)(F)F)NC3=O)cc2n1)C(C1CC1)C1CC1. The van der Waals surface area contributed by atoms with Gasteiger partial charge in [0.2, 0.25) is 5.91 Å². The molecule has 2 aliphatic carbocycles. The second-order valence-electron chi connectivity index (χ2n) is 10.8. The van der Waals surface area contributed by atoms with Crippen LogP contribution >= 0.6 is 0 Å². The molecule has 0 radical (unpaired) electrons. The number of nitrogens with zero attached hydrogens (tertiary/aromatic N) is 5. The van der Waals surface area contributed by atoms with Crippen LogP contribution in [0, 0.1) is 23.7 Å². The van der Waals surface area contributed by atoms with Gasteiger partial charge in [-0.05, 0) is 80.9 Å². The Morgan fingerprint density at radius 2 is 1.95 bits per heavy atom. The van der Waals surface area contributed by atoms with Crippen molar-refractivity contribution in [1.82, 2.24) is 35.0 Å². The van der Waals surface area contributed by atoms with Crippen molar-refractivity contribution < 1.29 is 22.8 Å². The van der Waals surface area contributed by atoms with Gasteiger partial charge in [0.15, 0.2) is 5.65 Å². The summed E-state index contributed by atoms with van der Waals surface area (Å²) in [5.41, 5.74) is 2.39. The van der Waals surface area contributed by atoms with E-state index in [1.807, 2.05) is 13.1 Å². The molecular formula is C26H30F3N7O2. The smallest absolute Gasteiger partial charge is 0.344 e. The molecule has 3 aromatic heterocycles. The monoisotopic (exact) mass is 529 g/mol. The van der Waals surface area contributed by atoms with Crippen LogP contribution < -0.4 is 10.6 Å². The molecule has 0 aromatic carbocycles. The molecule has 9 nitrogen and oxygen atoms in total. The third-order valence-electron chi connectivity index (χ3n) is 8.05. The number of aryl methyl sites for hydroxylation is 1. The van der Waals surface area contributed by atoms with Gasteiger partial charge in [-0.25, -0.2) is 9.50 Å². The van der Waals surface area contributed by atoms with Crippen LogP contribution in [0.1, 0.15) is 66.8 Å². The molecule has 2 N–H and O–H groups in total. The molecule has 6 rings (SSSR count). The van der Waals surface area contributed by atoms with E-state index in [1.165, 1.54) is 0 Å². The molecule has 12 heteroatoms. The van der Waals surface area contributed by atoms with E-state index in [0.29, 0.717) is 41.0 Å². The fourth-order valence-corrected chi connectivity index (χ4v) is 5.86. The van der Waals surface area contributed by atoms with Crippen molar-refractivity contribution in [1.29, 1.82) is 0 Å². The first kappa shape index (κ1) is 24.9. The van der Waals surface area contributed by atoms with Crippen molar-refractivity contribution in [3.8, 4) is 0 Å². The number of hydrogen-bond donors (Lipinski definition) is 2. The number of imidazole rings is 1. The number of halogens is 3. The summed E-state index contributed by atoms with van der Waals surface area (Å²) in [6.45, 7) is 2.52. The van der Waals surface area contributed by atoms with E-state index in [2.05, 4.69) is 20.8 Å². The zero-order chi connectivity index (χ0) is 26.6. The first-order chi connectivity index (χ1) is 18.2. The minimum absolute atomic E-state index is 0.151. The molecule has 202 valence electrons. The highest BCUT2D eigenvalue weighted by atomic mass is 19.4. The number of alkyl halides is 3. The number of hydrogen-bond acceptors (Lipinski definition) is 5. The van der Waals surface area contributed by atoms with Crippen molar-refractivity contribution in [2.24, 2.45) is 23.7 Å². The van der Waals surface area contributed by atoms with Gasteiger partial charge in [-0.15, -0.1) is 0 Å². The van der Waals surface area contributed by atoms with Crippen molar-refractivity contribution >= 4 is 17.5 Å². The molecule has 2 amide bonds. The summed E-state index contributed by atoms with van der Waals surface area (Å²) in [6, 6.07) is 1.36. The van der Waals surface area contributed by atoms with Crippen LogP contribution in [0.15, 0.2) is 30.7 Å². The van der Waals surface area contributed by atoms with Gasteiger partial charge in [0, 0.05) is 18.7 Å². The summed E-state index contributed by atoms with van der Waals surface area (Å²) >= 11 is 0. The third kappa shape index (κ3) is 4.88. The van der Waals surface area contributed by atoms with Gasteiger partial charge in [-0.3, -0.25) is 14.3 Å². The second-order valence-corrected chi connectivity index (χ2v) is 10.8. The normalized spacial score (nSPS) is 22.7. The van der Waals surface area contributed by atoms with Crippen molar-refractivity contribution in [3.05, 3.63) is 47.7 Å². The van der Waals surface area contributed by atoms with Gasteiger partial charge in [-0.1, -0.05) is 0 Å². The van der Waals surface area contributed by atoms with Crippen molar-refractivity contribution in [3.63, 3.8) is 0 Å². The summed E-state index contributed by atoms with van der Waals surface area (Å²) in [7, 11) is 0. The molecule has 38 heavy (non-hydrogen) atoms. The number of amides is 2. The highest BCUT2D eigenvalue weighted by Gasteiger charge is 2.48. The van der Waals surface area contributed by atoms with E-state index < -0.39 is 24.0 Å². The maximum atomic E-state index is 13.3. The molecule has 4 heterocycles. The summed E-state index contributed by atoms with van der Waals surface area (Å²) in [5.74, 6) is -0.202. The van der Waals surface area contributed by atoms with Gasteiger partial charge < -0.3 is 10.6 Å². The van der Waals surface area contributed by atoms with Crippen LogP contribution in [0.3, 0.4) is 0 Å². The van der Waals surface area contributed by atoms with Crippen LogP contribution in [0.5, 0.6) is 0 Å². The average molecular weight is 530 g/mol. The highest BCUT2D eigenvalue weighted by molar-refractivity contribution is 5.92. The lowest BCUT2D eigenvalue weighted by molar-refractivity contribution is -0.154. The zero-order valence-electron chi connectivity index (χ0n) is 21.0. The average Bonchev–Trinajstić information content (AvgIpc) is 3.76. The van der Waals surface area contributed by atoms with Crippen LogP contribution in [0.2, 0.25) is 0 Å². The molecule has 1 unspecified atom stereocenters. The molecule has 3 atom stereocenters. The third-order valence-corrected chi connectivity index (χ3v) is 8.05. The summed E-state index contributed by atoms with van der Waals surface area (Å²) in [4.78, 5) is 30.3. The zero-order valence-corrected chi connectivity index (χ0v) is 21.0. The highest BCUT2D eigenvalue weighted by Crippen LogP contribution is 2.54. The standard InChI is InChI=1S/C26H30F3N7O2/c1-2-35-19(7-8-30-35)25(38)34-23(22(15-3-4-15)16-5-6-16)18-13-36-21(32-18)10-14(12-31-36)9-17-11-20(26(27,28)29)33-24(17)37/h7-8,10,12-13,15-17,20,22-23H,2-6,9,11H2,1H3,(H,33,37)(H,34,38)/t17-,20+,23?/m1/s1. The maximum Gasteiger partial charge on any atom is 0.408 e. The van der Waals surface area contributed by atoms with Crippen molar-refractivity contribution in [2.75, 3.05) is 0 Å². The number of aromatic nitrogens is 5. The predicted octanol–water partition coefficient (Wildman–Crippen LogP) is 3.46. The minimum atomic E-state index is -4.46. The van der Waals surface area contributed by atoms with E-state index in [4.69, 9.17) is 4.98 Å². The lowest BCUT2D eigenvalue weighted by atomic mass is 9.87. The van der Waals surface area contributed by atoms with Crippen LogP contribution in [-0.2, 0) is 17.8 Å². The Labute approximate surface area is 217 Å². The fourth-order valence-electron chi connectivity index (χ4n) is 5.86. The van der Waals surface area contributed by atoms with Gasteiger partial charge in [0.1, 0.15) is 11.7 Å². The van der Waals surface area contributed by atoms with E-state index in [1.54, 1.807) is 33.7 Å². The number of fused-ring (bicyclic) bond motifs is 1. The van der Waals surface area contributed by atoms with E-state index in [-0.39, 0.29) is 30.7 Å². The molecule has 2 saturated carbocycles. The summed E-state index contributed by atoms with van der Waals surface area (Å²) < 4.78 is 42.5. The van der Waals surface area contributed by atoms with Crippen LogP contribution in [0.4, 0.5) is 13.2 Å². The second kappa shape index (κ2) is 9.39. The molecule has 1 aliphatic heterocycles. The quantitative estimate of drug-likeness (QED) is 0.442. The van der Waals surface area contributed by atoms with Gasteiger partial charge in [-0.2, -0.15) is 23.4 Å². The summed E-state index contributed by atoms with van der Waals surface area (Å²) in [5, 5.41) is 14.0. The minimum Gasteiger partial charge on any atom is -0.344 e. The molecule has 3 fully saturated rings. The van der Waals surface area contributed by atoms with Crippen LogP contribution in [-0.4, -0.2) is 48.4 Å². The lowest BCUT2D eigenvalue weighted by Gasteiger charge is -2.27. The van der Waals surface area contributed by atoms with E-state index in [0.717, 1.165) is 25.7 Å². The Bertz CT molecular complexity index is 1350. The predicted molar refractivity (Wildman–Crippen MR) is 130 cm³/mol. The largest absolute Gasteiger partial charge is 0.408 e. The van der Waals surface area contributed by atoms with Gasteiger partial charge >= 0.3 is 6.18 Å². The Morgan fingerprint density at radius 3 is 2.58 bits per heavy atom. The molecule has 0 spiro atoms. The first-order valence-corrected chi connectivity index (χ1v) is 13.2. The lowest BCUT2D eigenvalue weighted by Crippen LogP contribution is -2.38. The Kier molecular flexibility index (Phi) is 6.14. The Morgan fingerprint density at radius 1 is 1.21 bits per heavy atom. The number of carbonyl (C=O) groups is 2. The van der Waals surface area contributed by atoms with Gasteiger partial charge in [0.25, 0.3) is 5.91 Å². The number of rotatable bonds is 9. The fraction of sp³-hybridized carbons (Fsp3) is 0.577. The maximum absolute atomic E-state index is 13.3. The molecule has 0 bridgehead atoms. The summed E-state index contributed by atoms with van der Waals surface area (Å²) in [6.07, 6.45) is 4.95. The van der Waals surface area contributed by atoms with Crippen molar-refractivity contribution in [2.45, 2.75) is 70.3 Å². The first-order valence-electron chi connectivity index (χ1n) is 13.2. The van der Waals surface area contributed by atoms with Crippen LogP contribution in [0.25, 0.3) is 5.65 Å². The Hall–Kier alpha value is -3.44. The molecule has 3 aromatic rings. The number of carbonyl (C=O) groups excluding carboxylic acids is 2. The van der Waals surface area contributed by atoms with Gasteiger partial charge in [0.05, 0.1) is 24.1 Å². The van der Waals surface area contributed by atoms with E-state index in [9.17, 15) is 22.8 Å². The molecule has 3 aliphatic rings. The molecule has 1 saturated heterocycles. The Balaban J connectivity index is 1.26.